The number of pyridine rings is 1. The van der Waals surface area contributed by atoms with E-state index in [1.54, 1.807) is 6.20 Å². The SMILES string of the molecule is CCSCc1ccnc(NC(=O)N2C[C@@H]3CCC[C@H]3C2)c1. The van der Waals surface area contributed by atoms with Crippen LogP contribution in [-0.2, 0) is 5.75 Å². The lowest BCUT2D eigenvalue weighted by molar-refractivity contribution is 0.218. The molecule has 1 saturated heterocycles. The van der Waals surface area contributed by atoms with Gasteiger partial charge in [0.1, 0.15) is 5.82 Å². The second-order valence-electron chi connectivity index (χ2n) is 5.97. The summed E-state index contributed by atoms with van der Waals surface area (Å²) in [5, 5.41) is 2.96. The first-order valence-electron chi connectivity index (χ1n) is 7.85. The number of carbonyl (C=O) groups excluding carboxylic acids is 1. The van der Waals surface area contributed by atoms with Crippen molar-refractivity contribution in [2.24, 2.45) is 11.8 Å². The fourth-order valence-electron chi connectivity index (χ4n) is 3.44. The van der Waals surface area contributed by atoms with Crippen molar-refractivity contribution < 1.29 is 4.79 Å². The molecule has 3 rings (SSSR count). The van der Waals surface area contributed by atoms with Gasteiger partial charge in [0, 0.05) is 25.0 Å². The largest absolute Gasteiger partial charge is 0.324 e. The number of thioether (sulfide) groups is 1. The van der Waals surface area contributed by atoms with Gasteiger partial charge >= 0.3 is 6.03 Å². The average Bonchev–Trinajstić information content (AvgIpc) is 3.06. The molecule has 0 aromatic carbocycles. The highest BCUT2D eigenvalue weighted by Gasteiger charge is 2.38. The van der Waals surface area contributed by atoms with Crippen molar-refractivity contribution >= 4 is 23.6 Å². The molecule has 2 fully saturated rings. The lowest BCUT2D eigenvalue weighted by Gasteiger charge is -2.18. The van der Waals surface area contributed by atoms with Crippen LogP contribution >= 0.6 is 11.8 Å². The van der Waals surface area contributed by atoms with Gasteiger partial charge in [-0.25, -0.2) is 9.78 Å². The zero-order chi connectivity index (χ0) is 14.7. The van der Waals surface area contributed by atoms with Crippen LogP contribution in [0.25, 0.3) is 0 Å². The minimum absolute atomic E-state index is 0.0113. The van der Waals surface area contributed by atoms with E-state index in [4.69, 9.17) is 0 Å². The van der Waals surface area contributed by atoms with E-state index in [1.165, 1.54) is 24.8 Å². The molecule has 0 radical (unpaired) electrons. The summed E-state index contributed by atoms with van der Waals surface area (Å²) in [7, 11) is 0. The highest BCUT2D eigenvalue weighted by molar-refractivity contribution is 7.98. The molecule has 21 heavy (non-hydrogen) atoms. The summed E-state index contributed by atoms with van der Waals surface area (Å²) in [6.07, 6.45) is 5.69. The number of nitrogens with one attached hydrogen (secondary N) is 1. The molecule has 5 heteroatoms. The first-order chi connectivity index (χ1) is 10.3. The Labute approximate surface area is 130 Å². The molecule has 1 N–H and O–H groups in total. The Morgan fingerprint density at radius 1 is 1.43 bits per heavy atom. The summed E-state index contributed by atoms with van der Waals surface area (Å²) >= 11 is 1.87. The molecule has 2 amide bonds. The molecule has 0 unspecified atom stereocenters. The number of amides is 2. The molecular formula is C16H23N3OS. The molecule has 1 aromatic heterocycles. The molecule has 2 atom stereocenters. The number of hydrogen-bond acceptors (Lipinski definition) is 3. The molecule has 1 saturated carbocycles. The minimum atomic E-state index is 0.0113. The van der Waals surface area contributed by atoms with E-state index in [0.29, 0.717) is 5.82 Å². The van der Waals surface area contributed by atoms with Gasteiger partial charge < -0.3 is 4.90 Å². The summed E-state index contributed by atoms with van der Waals surface area (Å²) in [6, 6.07) is 4.01. The number of rotatable bonds is 4. The number of urea groups is 1. The molecule has 2 heterocycles. The van der Waals surface area contributed by atoms with Crippen LogP contribution in [0.15, 0.2) is 18.3 Å². The van der Waals surface area contributed by atoms with Crippen LogP contribution in [0.1, 0.15) is 31.7 Å². The molecule has 1 aromatic rings. The van der Waals surface area contributed by atoms with Crippen molar-refractivity contribution in [1.29, 1.82) is 0 Å². The van der Waals surface area contributed by atoms with Gasteiger partial charge in [-0.3, -0.25) is 5.32 Å². The molecule has 2 aliphatic rings. The number of carbonyl (C=O) groups is 1. The van der Waals surface area contributed by atoms with Crippen LogP contribution in [0, 0.1) is 11.8 Å². The van der Waals surface area contributed by atoms with E-state index < -0.39 is 0 Å². The quantitative estimate of drug-likeness (QED) is 0.924. The van der Waals surface area contributed by atoms with Gasteiger partial charge in [0.05, 0.1) is 0 Å². The van der Waals surface area contributed by atoms with Crippen LogP contribution in [0.3, 0.4) is 0 Å². The van der Waals surface area contributed by atoms with E-state index in [9.17, 15) is 4.79 Å². The maximum Gasteiger partial charge on any atom is 0.323 e. The first-order valence-corrected chi connectivity index (χ1v) is 9.00. The number of fused-ring (bicyclic) bond motifs is 1. The molecule has 1 aliphatic heterocycles. The standard InChI is InChI=1S/C16H23N3OS/c1-2-21-11-12-6-7-17-15(8-12)18-16(20)19-9-13-4-3-5-14(13)10-19/h6-8,13-14H,2-5,9-11H2,1H3,(H,17,18,20)/t13-,14-/m0/s1. The molecule has 1 aliphatic carbocycles. The highest BCUT2D eigenvalue weighted by atomic mass is 32.2. The Hall–Kier alpha value is -1.23. The molecule has 0 bridgehead atoms. The number of likely N-dealkylation sites (tertiary alicyclic amines) is 1. The van der Waals surface area contributed by atoms with Crippen molar-refractivity contribution in [2.75, 3.05) is 24.2 Å². The second kappa shape index (κ2) is 6.69. The van der Waals surface area contributed by atoms with Gasteiger partial charge in [-0.05, 0) is 48.1 Å². The third-order valence-corrected chi connectivity index (χ3v) is 5.49. The third-order valence-electron chi connectivity index (χ3n) is 4.55. The number of hydrogen-bond donors (Lipinski definition) is 1. The fraction of sp³-hybridized carbons (Fsp3) is 0.625. The smallest absolute Gasteiger partial charge is 0.323 e. The molecule has 114 valence electrons. The Morgan fingerprint density at radius 2 is 2.19 bits per heavy atom. The Bertz CT molecular complexity index is 496. The highest BCUT2D eigenvalue weighted by Crippen LogP contribution is 2.37. The van der Waals surface area contributed by atoms with Crippen molar-refractivity contribution in [3.05, 3.63) is 23.9 Å². The first kappa shape index (κ1) is 14.7. The number of anilines is 1. The molecular weight excluding hydrogens is 282 g/mol. The normalized spacial score (nSPS) is 24.1. The lowest BCUT2D eigenvalue weighted by Crippen LogP contribution is -2.33. The monoisotopic (exact) mass is 305 g/mol. The average molecular weight is 305 g/mol. The van der Waals surface area contributed by atoms with Crippen LogP contribution in [-0.4, -0.2) is 34.8 Å². The van der Waals surface area contributed by atoms with E-state index in [1.807, 2.05) is 28.8 Å². The summed E-state index contributed by atoms with van der Waals surface area (Å²) in [5.41, 5.74) is 1.21. The van der Waals surface area contributed by atoms with E-state index >= 15 is 0 Å². The van der Waals surface area contributed by atoms with Gasteiger partial charge in [-0.15, -0.1) is 0 Å². The van der Waals surface area contributed by atoms with Crippen molar-refractivity contribution in [3.63, 3.8) is 0 Å². The fourth-order valence-corrected chi connectivity index (χ4v) is 4.06. The second-order valence-corrected chi connectivity index (χ2v) is 7.25. The van der Waals surface area contributed by atoms with Crippen molar-refractivity contribution in [3.8, 4) is 0 Å². The van der Waals surface area contributed by atoms with Crippen molar-refractivity contribution in [2.45, 2.75) is 31.9 Å². The van der Waals surface area contributed by atoms with E-state index in [-0.39, 0.29) is 6.03 Å². The van der Waals surface area contributed by atoms with Gasteiger partial charge in [0.25, 0.3) is 0 Å². The van der Waals surface area contributed by atoms with Crippen LogP contribution in [0.2, 0.25) is 0 Å². The molecule has 4 nitrogen and oxygen atoms in total. The van der Waals surface area contributed by atoms with Crippen LogP contribution in [0.5, 0.6) is 0 Å². The van der Waals surface area contributed by atoms with Crippen LogP contribution in [0.4, 0.5) is 10.6 Å². The number of nitrogens with zero attached hydrogens (tertiary/aromatic N) is 2. The predicted molar refractivity (Wildman–Crippen MR) is 87.5 cm³/mol. The van der Waals surface area contributed by atoms with Gasteiger partial charge in [-0.1, -0.05) is 13.3 Å². The van der Waals surface area contributed by atoms with Gasteiger partial charge in [0.2, 0.25) is 0 Å². The summed E-state index contributed by atoms with van der Waals surface area (Å²) in [6.45, 7) is 3.99. The van der Waals surface area contributed by atoms with E-state index in [0.717, 1.165) is 36.4 Å². The third kappa shape index (κ3) is 3.51. The van der Waals surface area contributed by atoms with Crippen molar-refractivity contribution in [1.82, 2.24) is 9.88 Å². The maximum atomic E-state index is 12.3. The predicted octanol–water partition coefficient (Wildman–Crippen LogP) is 3.60. The van der Waals surface area contributed by atoms with E-state index in [2.05, 4.69) is 17.2 Å². The zero-order valence-electron chi connectivity index (χ0n) is 12.5. The topological polar surface area (TPSA) is 45.2 Å². The van der Waals surface area contributed by atoms with Crippen LogP contribution < -0.4 is 5.32 Å². The Morgan fingerprint density at radius 3 is 2.90 bits per heavy atom. The zero-order valence-corrected chi connectivity index (χ0v) is 13.4. The van der Waals surface area contributed by atoms with Gasteiger partial charge in [-0.2, -0.15) is 11.8 Å². The van der Waals surface area contributed by atoms with Gasteiger partial charge in [0.15, 0.2) is 0 Å². The summed E-state index contributed by atoms with van der Waals surface area (Å²) in [5.74, 6) is 4.20. The number of aromatic nitrogens is 1. The maximum absolute atomic E-state index is 12.3. The Kier molecular flexibility index (Phi) is 4.68. The minimum Gasteiger partial charge on any atom is -0.324 e. The molecule has 0 spiro atoms. The summed E-state index contributed by atoms with van der Waals surface area (Å²) < 4.78 is 0. The lowest BCUT2D eigenvalue weighted by atomic mass is 10.0. The Balaban J connectivity index is 1.57. The summed E-state index contributed by atoms with van der Waals surface area (Å²) in [4.78, 5) is 18.6.